The Morgan fingerprint density at radius 1 is 1.21 bits per heavy atom. The Labute approximate surface area is 138 Å². The summed E-state index contributed by atoms with van der Waals surface area (Å²) in [4.78, 5) is 1.96. The molecule has 1 atom stereocenters. The third-order valence-corrected chi connectivity index (χ3v) is 4.10. The molecule has 1 unspecified atom stereocenters. The quantitative estimate of drug-likeness (QED) is 0.932. The molecule has 0 radical (unpaired) electrons. The van der Waals surface area contributed by atoms with Gasteiger partial charge < -0.3 is 14.7 Å². The zero-order chi connectivity index (χ0) is 17.2. The molecule has 0 saturated carbocycles. The first-order chi connectivity index (χ1) is 11.5. The van der Waals surface area contributed by atoms with Gasteiger partial charge in [0, 0.05) is 18.5 Å². The molecule has 1 N–H and O–H groups in total. The van der Waals surface area contributed by atoms with Crippen molar-refractivity contribution in [3.05, 3.63) is 42.0 Å². The van der Waals surface area contributed by atoms with Gasteiger partial charge >= 0.3 is 0 Å². The van der Waals surface area contributed by atoms with E-state index in [-0.39, 0.29) is 17.9 Å². The van der Waals surface area contributed by atoms with Crippen molar-refractivity contribution in [1.29, 1.82) is 0 Å². The van der Waals surface area contributed by atoms with E-state index < -0.39 is 17.0 Å². The fourth-order valence-corrected chi connectivity index (χ4v) is 2.74. The minimum atomic E-state index is -0.673. The van der Waals surface area contributed by atoms with Gasteiger partial charge in [0.05, 0.1) is 31.1 Å². The molecule has 0 spiro atoms. The highest BCUT2D eigenvalue weighted by molar-refractivity contribution is 5.61. The van der Waals surface area contributed by atoms with Gasteiger partial charge in [-0.3, -0.25) is 0 Å². The third kappa shape index (κ3) is 3.37. The molecule has 2 heterocycles. The first-order valence-corrected chi connectivity index (χ1v) is 7.74. The van der Waals surface area contributed by atoms with Crippen molar-refractivity contribution < 1.29 is 18.6 Å². The van der Waals surface area contributed by atoms with Crippen LogP contribution in [0.15, 0.2) is 30.3 Å². The molecule has 0 aliphatic carbocycles. The number of nitrogens with zero attached hydrogens (tertiary/aromatic N) is 3. The zero-order valence-corrected chi connectivity index (χ0v) is 13.4. The number of aromatic nitrogens is 2. The Morgan fingerprint density at radius 2 is 1.96 bits per heavy atom. The number of halogens is 2. The Morgan fingerprint density at radius 3 is 2.58 bits per heavy atom. The number of benzene rings is 1. The summed E-state index contributed by atoms with van der Waals surface area (Å²) < 4.78 is 33.2. The molecule has 0 amide bonds. The van der Waals surface area contributed by atoms with Crippen LogP contribution < -0.4 is 4.90 Å². The molecular weight excluding hydrogens is 316 g/mol. The van der Waals surface area contributed by atoms with Crippen molar-refractivity contribution in [2.24, 2.45) is 5.41 Å². The Kier molecular flexibility index (Phi) is 4.73. The van der Waals surface area contributed by atoms with Crippen LogP contribution >= 0.6 is 0 Å². The predicted octanol–water partition coefficient (Wildman–Crippen LogP) is 2.26. The minimum Gasteiger partial charge on any atom is -0.396 e. The molecule has 7 heteroatoms. The smallest absolute Gasteiger partial charge is 0.151 e. The molecule has 2 aromatic rings. The summed E-state index contributed by atoms with van der Waals surface area (Å²) in [6.07, 6.45) is 0. The van der Waals surface area contributed by atoms with Crippen LogP contribution in [0.1, 0.15) is 6.92 Å². The van der Waals surface area contributed by atoms with Crippen LogP contribution in [0.4, 0.5) is 14.6 Å². The fraction of sp³-hybridized carbons (Fsp3) is 0.412. The van der Waals surface area contributed by atoms with E-state index in [1.807, 2.05) is 11.8 Å². The van der Waals surface area contributed by atoms with E-state index in [2.05, 4.69) is 10.2 Å². The molecule has 1 aliphatic heterocycles. The average Bonchev–Trinajstić information content (AvgIpc) is 2.78. The van der Waals surface area contributed by atoms with Gasteiger partial charge in [0.15, 0.2) is 5.82 Å². The lowest BCUT2D eigenvalue weighted by atomic mass is 9.92. The molecule has 1 aliphatic rings. The highest BCUT2D eigenvalue weighted by Crippen LogP contribution is 2.27. The van der Waals surface area contributed by atoms with Gasteiger partial charge in [-0.15, -0.1) is 10.2 Å². The van der Waals surface area contributed by atoms with Crippen molar-refractivity contribution in [2.45, 2.75) is 6.92 Å². The molecule has 24 heavy (non-hydrogen) atoms. The molecule has 1 aromatic heterocycles. The van der Waals surface area contributed by atoms with Gasteiger partial charge in [0.2, 0.25) is 0 Å². The van der Waals surface area contributed by atoms with Crippen molar-refractivity contribution in [2.75, 3.05) is 37.8 Å². The zero-order valence-electron chi connectivity index (χ0n) is 13.4. The van der Waals surface area contributed by atoms with E-state index in [0.29, 0.717) is 32.1 Å². The second-order valence-electron chi connectivity index (χ2n) is 6.32. The summed E-state index contributed by atoms with van der Waals surface area (Å²) in [6, 6.07) is 6.91. The summed E-state index contributed by atoms with van der Waals surface area (Å²) in [5, 5.41) is 17.7. The molecule has 5 nitrogen and oxygen atoms in total. The fourth-order valence-electron chi connectivity index (χ4n) is 2.74. The standard InChI is InChI=1S/C17H19F2N3O2/c1-17(10-23)9-22(7-8-24-11-17)15-6-5-14(20-21-15)16-12(18)3-2-4-13(16)19/h2-6,23H,7-11H2,1H3. The van der Waals surface area contributed by atoms with Crippen LogP contribution in [-0.2, 0) is 4.74 Å². The van der Waals surface area contributed by atoms with Crippen molar-refractivity contribution in [3.8, 4) is 11.3 Å². The first-order valence-electron chi connectivity index (χ1n) is 7.74. The van der Waals surface area contributed by atoms with E-state index >= 15 is 0 Å². The number of aliphatic hydroxyl groups is 1. The maximum Gasteiger partial charge on any atom is 0.151 e. The van der Waals surface area contributed by atoms with Crippen LogP contribution in [0.3, 0.4) is 0 Å². The molecule has 1 aromatic carbocycles. The Hall–Kier alpha value is -2.12. The molecule has 3 rings (SSSR count). The van der Waals surface area contributed by atoms with Gasteiger partial charge in [-0.25, -0.2) is 8.78 Å². The lowest BCUT2D eigenvalue weighted by molar-refractivity contribution is 0.0406. The lowest BCUT2D eigenvalue weighted by Crippen LogP contribution is -2.39. The average molecular weight is 335 g/mol. The first kappa shape index (κ1) is 16.7. The maximum atomic E-state index is 13.8. The lowest BCUT2D eigenvalue weighted by Gasteiger charge is -2.30. The van der Waals surface area contributed by atoms with E-state index in [0.717, 1.165) is 0 Å². The van der Waals surface area contributed by atoms with Gasteiger partial charge in [-0.2, -0.15) is 0 Å². The highest BCUT2D eigenvalue weighted by Gasteiger charge is 2.30. The van der Waals surface area contributed by atoms with Crippen LogP contribution in [0, 0.1) is 17.0 Å². The van der Waals surface area contributed by atoms with Gasteiger partial charge in [0.1, 0.15) is 11.6 Å². The number of aliphatic hydroxyl groups excluding tert-OH is 1. The van der Waals surface area contributed by atoms with Crippen LogP contribution in [0.5, 0.6) is 0 Å². The number of hydrogen-bond acceptors (Lipinski definition) is 5. The summed E-state index contributed by atoms with van der Waals surface area (Å²) >= 11 is 0. The second kappa shape index (κ2) is 6.78. The van der Waals surface area contributed by atoms with E-state index in [1.54, 1.807) is 12.1 Å². The van der Waals surface area contributed by atoms with Gasteiger partial charge in [-0.05, 0) is 24.3 Å². The maximum absolute atomic E-state index is 13.8. The van der Waals surface area contributed by atoms with E-state index in [9.17, 15) is 13.9 Å². The predicted molar refractivity (Wildman–Crippen MR) is 85.6 cm³/mol. The summed E-state index contributed by atoms with van der Waals surface area (Å²) in [5.41, 5.74) is -0.435. The Bertz CT molecular complexity index is 691. The summed E-state index contributed by atoms with van der Waals surface area (Å²) in [7, 11) is 0. The summed E-state index contributed by atoms with van der Waals surface area (Å²) in [5.74, 6) is -0.762. The Balaban J connectivity index is 1.86. The number of rotatable bonds is 3. The number of hydrogen-bond donors (Lipinski definition) is 1. The van der Waals surface area contributed by atoms with Crippen LogP contribution in [0.25, 0.3) is 11.3 Å². The summed E-state index contributed by atoms with van der Waals surface area (Å²) in [6.45, 7) is 4.08. The topological polar surface area (TPSA) is 58.5 Å². The highest BCUT2D eigenvalue weighted by atomic mass is 19.1. The second-order valence-corrected chi connectivity index (χ2v) is 6.32. The van der Waals surface area contributed by atoms with Crippen LogP contribution in [0.2, 0.25) is 0 Å². The third-order valence-electron chi connectivity index (χ3n) is 4.10. The number of anilines is 1. The van der Waals surface area contributed by atoms with Gasteiger partial charge in [0.25, 0.3) is 0 Å². The molecular formula is C17H19F2N3O2. The van der Waals surface area contributed by atoms with Crippen molar-refractivity contribution in [3.63, 3.8) is 0 Å². The van der Waals surface area contributed by atoms with Crippen LogP contribution in [-0.4, -0.2) is 48.2 Å². The van der Waals surface area contributed by atoms with Gasteiger partial charge in [-0.1, -0.05) is 13.0 Å². The molecule has 1 fully saturated rings. The largest absolute Gasteiger partial charge is 0.396 e. The normalized spacial score (nSPS) is 21.6. The monoisotopic (exact) mass is 335 g/mol. The van der Waals surface area contributed by atoms with Crippen molar-refractivity contribution >= 4 is 5.82 Å². The SMILES string of the molecule is CC1(CO)COCCN(c2ccc(-c3c(F)cccc3F)nn2)C1. The molecule has 0 bridgehead atoms. The van der Waals surface area contributed by atoms with E-state index in [1.165, 1.54) is 18.2 Å². The molecule has 1 saturated heterocycles. The van der Waals surface area contributed by atoms with Crippen molar-refractivity contribution in [1.82, 2.24) is 10.2 Å². The van der Waals surface area contributed by atoms with E-state index in [4.69, 9.17) is 4.74 Å². The number of ether oxygens (including phenoxy) is 1. The molecule has 128 valence electrons. The minimum absolute atomic E-state index is 0.00451.